The van der Waals surface area contributed by atoms with Gasteiger partial charge in [0.1, 0.15) is 11.2 Å². The minimum atomic E-state index is 0.153. The predicted octanol–water partition coefficient (Wildman–Crippen LogP) is 3.31. The molecule has 0 spiro atoms. The van der Waals surface area contributed by atoms with Crippen molar-refractivity contribution in [1.82, 2.24) is 4.98 Å². The van der Waals surface area contributed by atoms with Crippen molar-refractivity contribution < 1.29 is 0 Å². The van der Waals surface area contributed by atoms with E-state index in [9.17, 15) is 0 Å². The van der Waals surface area contributed by atoms with Gasteiger partial charge in [0.15, 0.2) is 0 Å². The van der Waals surface area contributed by atoms with Crippen LogP contribution in [0.4, 0.5) is 0 Å². The summed E-state index contributed by atoms with van der Waals surface area (Å²) in [5.74, 6) is 0.158. The molecule has 0 unspecified atom stereocenters. The number of rotatable bonds is 1. The van der Waals surface area contributed by atoms with Crippen molar-refractivity contribution in [2.45, 2.75) is 12.8 Å². The summed E-state index contributed by atoms with van der Waals surface area (Å²) >= 11 is 17.3. The van der Waals surface area contributed by atoms with Gasteiger partial charge in [0.25, 0.3) is 0 Å². The molecule has 1 aromatic rings. The van der Waals surface area contributed by atoms with E-state index in [1.807, 2.05) is 6.07 Å². The second kappa shape index (κ2) is 4.15. The Balaban J connectivity index is 3.53. The maximum Gasteiger partial charge on any atom is 0.147 e. The average molecular weight is 236 g/mol. The molecule has 5 heteroatoms. The highest BCUT2D eigenvalue weighted by Gasteiger charge is 2.14. The molecular formula is C8H5Cl3N2. The molecular weight excluding hydrogens is 230 g/mol. The Morgan fingerprint density at radius 2 is 2.08 bits per heavy atom. The van der Waals surface area contributed by atoms with E-state index in [1.165, 1.54) is 0 Å². The van der Waals surface area contributed by atoms with Crippen molar-refractivity contribution in [3.05, 3.63) is 27.0 Å². The third-order valence-corrected chi connectivity index (χ3v) is 2.64. The van der Waals surface area contributed by atoms with Crippen molar-refractivity contribution >= 4 is 34.8 Å². The smallest absolute Gasteiger partial charge is 0.147 e. The summed E-state index contributed by atoms with van der Waals surface area (Å²) < 4.78 is 0. The van der Waals surface area contributed by atoms with Crippen LogP contribution < -0.4 is 0 Å². The normalized spacial score (nSPS) is 9.77. The Bertz CT molecular complexity index is 382. The first-order valence-electron chi connectivity index (χ1n) is 3.42. The van der Waals surface area contributed by atoms with Crippen molar-refractivity contribution in [1.29, 1.82) is 5.26 Å². The van der Waals surface area contributed by atoms with Crippen LogP contribution in [-0.2, 0) is 5.88 Å². The zero-order valence-electron chi connectivity index (χ0n) is 6.74. The zero-order chi connectivity index (χ0) is 10.0. The van der Waals surface area contributed by atoms with E-state index in [-0.39, 0.29) is 16.6 Å². The Morgan fingerprint density at radius 3 is 2.54 bits per heavy atom. The molecule has 1 aromatic heterocycles. The molecule has 0 aliphatic rings. The maximum absolute atomic E-state index is 8.75. The Morgan fingerprint density at radius 1 is 1.46 bits per heavy atom. The molecule has 1 rings (SSSR count). The highest BCUT2D eigenvalue weighted by molar-refractivity contribution is 6.35. The van der Waals surface area contributed by atoms with Gasteiger partial charge in [0, 0.05) is 5.56 Å². The maximum atomic E-state index is 8.75. The second-order valence-corrected chi connectivity index (χ2v) is 3.40. The van der Waals surface area contributed by atoms with E-state index < -0.39 is 0 Å². The van der Waals surface area contributed by atoms with Gasteiger partial charge < -0.3 is 0 Å². The number of aromatic nitrogens is 1. The number of halogens is 3. The van der Waals surface area contributed by atoms with E-state index in [0.717, 1.165) is 0 Å². The highest BCUT2D eigenvalue weighted by Crippen LogP contribution is 2.28. The van der Waals surface area contributed by atoms with Gasteiger partial charge in [-0.1, -0.05) is 23.2 Å². The van der Waals surface area contributed by atoms with E-state index in [0.29, 0.717) is 16.3 Å². The van der Waals surface area contributed by atoms with Gasteiger partial charge in [-0.15, -0.1) is 11.6 Å². The zero-order valence-corrected chi connectivity index (χ0v) is 9.00. The summed E-state index contributed by atoms with van der Waals surface area (Å²) in [6, 6.07) is 1.92. The minimum absolute atomic E-state index is 0.153. The van der Waals surface area contributed by atoms with Crippen molar-refractivity contribution in [2.24, 2.45) is 0 Å². The molecule has 0 aliphatic heterocycles. The van der Waals surface area contributed by atoms with Crippen molar-refractivity contribution in [2.75, 3.05) is 0 Å². The highest BCUT2D eigenvalue weighted by atomic mass is 35.5. The molecule has 0 atom stereocenters. The Hall–Kier alpha value is -0.490. The summed E-state index contributed by atoms with van der Waals surface area (Å²) in [4.78, 5) is 3.90. The van der Waals surface area contributed by atoms with Crippen LogP contribution in [0.3, 0.4) is 0 Å². The number of hydrogen-bond donors (Lipinski definition) is 0. The molecule has 0 saturated heterocycles. The van der Waals surface area contributed by atoms with Crippen LogP contribution >= 0.6 is 34.8 Å². The Labute approximate surface area is 91.0 Å². The van der Waals surface area contributed by atoms with Gasteiger partial charge in [-0.05, 0) is 6.92 Å². The lowest BCUT2D eigenvalue weighted by Crippen LogP contribution is -1.96. The summed E-state index contributed by atoms with van der Waals surface area (Å²) in [6.07, 6.45) is 0. The van der Waals surface area contributed by atoms with Crippen LogP contribution in [0.1, 0.15) is 16.8 Å². The summed E-state index contributed by atoms with van der Waals surface area (Å²) in [5.41, 5.74) is 1.39. The largest absolute Gasteiger partial charge is 0.238 e. The number of nitriles is 1. The van der Waals surface area contributed by atoms with Crippen molar-refractivity contribution in [3.63, 3.8) is 0 Å². The van der Waals surface area contributed by atoms with Crippen LogP contribution in [0.25, 0.3) is 0 Å². The number of aryl methyl sites for hydroxylation is 1. The van der Waals surface area contributed by atoms with Crippen LogP contribution in [0, 0.1) is 18.3 Å². The fraction of sp³-hybridized carbons (Fsp3) is 0.250. The minimum Gasteiger partial charge on any atom is -0.238 e. The molecule has 1 heterocycles. The Kier molecular flexibility index (Phi) is 3.38. The molecule has 0 N–H and O–H groups in total. The number of hydrogen-bond acceptors (Lipinski definition) is 2. The molecule has 0 aliphatic carbocycles. The lowest BCUT2D eigenvalue weighted by molar-refractivity contribution is 1.15. The molecule has 13 heavy (non-hydrogen) atoms. The van der Waals surface area contributed by atoms with Gasteiger partial charge in [0.05, 0.1) is 22.2 Å². The van der Waals surface area contributed by atoms with Crippen molar-refractivity contribution in [3.8, 4) is 6.07 Å². The third kappa shape index (κ3) is 1.88. The standard InChI is InChI=1S/C8H5Cl3N2/c1-4-7(10)5(2-9)6(3-12)8(11)13-4/h2H2,1H3. The third-order valence-electron chi connectivity index (χ3n) is 1.60. The monoisotopic (exact) mass is 234 g/mol. The molecule has 0 saturated carbocycles. The number of nitrogens with zero attached hydrogens (tertiary/aromatic N) is 2. The number of alkyl halides is 1. The quantitative estimate of drug-likeness (QED) is 0.553. The van der Waals surface area contributed by atoms with Crippen LogP contribution in [0.5, 0.6) is 0 Å². The van der Waals surface area contributed by atoms with Crippen LogP contribution in [0.2, 0.25) is 10.2 Å². The van der Waals surface area contributed by atoms with E-state index in [2.05, 4.69) is 4.98 Å². The first-order chi connectivity index (χ1) is 6.11. The molecule has 0 aromatic carbocycles. The summed E-state index contributed by atoms with van der Waals surface area (Å²) in [6.45, 7) is 1.71. The molecule has 0 bridgehead atoms. The first kappa shape index (κ1) is 10.6. The van der Waals surface area contributed by atoms with Gasteiger partial charge in [-0.3, -0.25) is 0 Å². The first-order valence-corrected chi connectivity index (χ1v) is 4.71. The van der Waals surface area contributed by atoms with Gasteiger partial charge in [0.2, 0.25) is 0 Å². The molecule has 0 amide bonds. The van der Waals surface area contributed by atoms with Gasteiger partial charge in [-0.25, -0.2) is 4.98 Å². The molecule has 68 valence electrons. The van der Waals surface area contributed by atoms with Crippen LogP contribution in [0.15, 0.2) is 0 Å². The van der Waals surface area contributed by atoms with Gasteiger partial charge in [-0.2, -0.15) is 5.26 Å². The lowest BCUT2D eigenvalue weighted by Gasteiger charge is -2.06. The SMILES string of the molecule is Cc1nc(Cl)c(C#N)c(CCl)c1Cl. The second-order valence-electron chi connectivity index (χ2n) is 2.40. The lowest BCUT2D eigenvalue weighted by atomic mass is 10.1. The van der Waals surface area contributed by atoms with Crippen LogP contribution in [-0.4, -0.2) is 4.98 Å². The fourth-order valence-electron chi connectivity index (χ4n) is 0.944. The summed E-state index contributed by atoms with van der Waals surface area (Å²) in [7, 11) is 0. The van der Waals surface area contributed by atoms with E-state index in [1.54, 1.807) is 6.92 Å². The number of pyridine rings is 1. The van der Waals surface area contributed by atoms with Gasteiger partial charge >= 0.3 is 0 Å². The topological polar surface area (TPSA) is 36.7 Å². The fourth-order valence-corrected chi connectivity index (χ4v) is 1.77. The summed E-state index contributed by atoms with van der Waals surface area (Å²) in [5, 5.41) is 9.32. The van der Waals surface area contributed by atoms with E-state index >= 15 is 0 Å². The molecule has 0 fully saturated rings. The van der Waals surface area contributed by atoms with E-state index in [4.69, 9.17) is 40.1 Å². The molecule has 2 nitrogen and oxygen atoms in total. The average Bonchev–Trinajstić information content (AvgIpc) is 2.10. The molecule has 0 radical (unpaired) electrons. The predicted molar refractivity (Wildman–Crippen MR) is 53.3 cm³/mol.